The van der Waals surface area contributed by atoms with Crippen molar-refractivity contribution in [3.05, 3.63) is 30.1 Å². The molecule has 0 bridgehead atoms. The molecule has 2 rings (SSSR count). The van der Waals surface area contributed by atoms with E-state index in [0.29, 0.717) is 0 Å². The van der Waals surface area contributed by atoms with E-state index < -0.39 is 0 Å². The third kappa shape index (κ3) is 1.44. The fraction of sp³-hybridized carbons (Fsp3) is 0.300. The lowest BCUT2D eigenvalue weighted by atomic mass is 10.3. The van der Waals surface area contributed by atoms with Crippen molar-refractivity contribution < 1.29 is 0 Å². The summed E-state index contributed by atoms with van der Waals surface area (Å²) >= 11 is 4.23. The Morgan fingerprint density at radius 2 is 2.15 bits per heavy atom. The molecule has 1 aromatic heterocycles. The van der Waals surface area contributed by atoms with E-state index in [2.05, 4.69) is 28.2 Å². The highest BCUT2D eigenvalue weighted by atomic mass is 32.1. The number of thiol groups is 1. The first-order valence-corrected chi connectivity index (χ1v) is 4.99. The summed E-state index contributed by atoms with van der Waals surface area (Å²) in [6.07, 6.45) is 0. The van der Waals surface area contributed by atoms with Crippen molar-refractivity contribution >= 4 is 23.7 Å². The Kier molecular flexibility index (Phi) is 2.27. The van der Waals surface area contributed by atoms with E-state index in [0.717, 1.165) is 23.6 Å². The summed E-state index contributed by atoms with van der Waals surface area (Å²) in [6.45, 7) is 2.96. The number of fused-ring (bicyclic) bond motifs is 1. The first kappa shape index (κ1) is 8.63. The van der Waals surface area contributed by atoms with E-state index in [9.17, 15) is 0 Å². The molecule has 0 aliphatic carbocycles. The number of para-hydroxylation sites is 2. The number of aromatic nitrogens is 2. The lowest BCUT2D eigenvalue weighted by Crippen LogP contribution is -2.00. The molecule has 0 fully saturated rings. The van der Waals surface area contributed by atoms with Crippen LogP contribution < -0.4 is 0 Å². The standard InChI is InChI=1S/C10H12N2S/c1-8-11-9-4-2-3-5-10(9)12(8)6-7-13/h2-5,13H,6-7H2,1H3. The van der Waals surface area contributed by atoms with Crippen LogP contribution in [-0.4, -0.2) is 15.3 Å². The van der Waals surface area contributed by atoms with Crippen LogP contribution in [-0.2, 0) is 6.54 Å². The van der Waals surface area contributed by atoms with Gasteiger partial charge in [0, 0.05) is 12.3 Å². The van der Waals surface area contributed by atoms with Crippen LogP contribution >= 0.6 is 12.6 Å². The van der Waals surface area contributed by atoms with Crippen molar-refractivity contribution in [2.24, 2.45) is 0 Å². The van der Waals surface area contributed by atoms with Gasteiger partial charge < -0.3 is 4.57 Å². The molecule has 2 aromatic rings. The van der Waals surface area contributed by atoms with Crippen molar-refractivity contribution in [1.82, 2.24) is 9.55 Å². The maximum absolute atomic E-state index is 4.46. The van der Waals surface area contributed by atoms with Crippen LogP contribution in [0.15, 0.2) is 24.3 Å². The van der Waals surface area contributed by atoms with Crippen LogP contribution in [0.1, 0.15) is 5.82 Å². The number of hydrogen-bond acceptors (Lipinski definition) is 2. The van der Waals surface area contributed by atoms with Crippen LogP contribution in [0.3, 0.4) is 0 Å². The number of rotatable bonds is 2. The quantitative estimate of drug-likeness (QED) is 0.723. The van der Waals surface area contributed by atoms with Crippen LogP contribution in [0.25, 0.3) is 11.0 Å². The van der Waals surface area contributed by atoms with Crippen molar-refractivity contribution in [3.8, 4) is 0 Å². The van der Waals surface area contributed by atoms with Gasteiger partial charge in [-0.2, -0.15) is 12.6 Å². The van der Waals surface area contributed by atoms with Crippen molar-refractivity contribution in [2.45, 2.75) is 13.5 Å². The Hall–Kier alpha value is -0.960. The molecule has 0 radical (unpaired) electrons. The average Bonchev–Trinajstić information content (AvgIpc) is 2.44. The molecule has 3 heteroatoms. The van der Waals surface area contributed by atoms with E-state index in [4.69, 9.17) is 0 Å². The summed E-state index contributed by atoms with van der Waals surface area (Å²) in [5.41, 5.74) is 2.27. The monoisotopic (exact) mass is 192 g/mol. The van der Waals surface area contributed by atoms with Crippen molar-refractivity contribution in [3.63, 3.8) is 0 Å². The zero-order chi connectivity index (χ0) is 9.26. The summed E-state index contributed by atoms with van der Waals surface area (Å²) in [5.74, 6) is 1.91. The van der Waals surface area contributed by atoms with E-state index in [-0.39, 0.29) is 0 Å². The molecule has 0 spiro atoms. The van der Waals surface area contributed by atoms with Crippen LogP contribution in [0.5, 0.6) is 0 Å². The topological polar surface area (TPSA) is 17.8 Å². The molecule has 68 valence electrons. The molecule has 13 heavy (non-hydrogen) atoms. The molecule has 0 aliphatic rings. The Balaban J connectivity index is 2.64. The highest BCUT2D eigenvalue weighted by Gasteiger charge is 2.04. The van der Waals surface area contributed by atoms with Gasteiger partial charge in [0.05, 0.1) is 11.0 Å². The molecule has 2 nitrogen and oxygen atoms in total. The average molecular weight is 192 g/mol. The molecule has 0 N–H and O–H groups in total. The number of aryl methyl sites for hydroxylation is 2. The third-order valence-corrected chi connectivity index (χ3v) is 2.37. The van der Waals surface area contributed by atoms with E-state index in [1.807, 2.05) is 25.1 Å². The Labute approximate surface area is 83.0 Å². The van der Waals surface area contributed by atoms with Crippen LogP contribution in [0.4, 0.5) is 0 Å². The predicted octanol–water partition coefficient (Wildman–Crippen LogP) is 2.27. The predicted molar refractivity (Wildman–Crippen MR) is 58.3 cm³/mol. The molecule has 1 heterocycles. The van der Waals surface area contributed by atoms with Gasteiger partial charge in [-0.3, -0.25) is 0 Å². The molecule has 0 unspecified atom stereocenters. The molecule has 0 atom stereocenters. The normalized spacial score (nSPS) is 10.9. The Bertz CT molecular complexity index is 420. The zero-order valence-electron chi connectivity index (χ0n) is 7.57. The molecule has 0 amide bonds. The largest absolute Gasteiger partial charge is 0.327 e. The number of nitrogens with zero attached hydrogens (tertiary/aromatic N) is 2. The van der Waals surface area contributed by atoms with Gasteiger partial charge in [-0.15, -0.1) is 0 Å². The summed E-state index contributed by atoms with van der Waals surface area (Å²) in [4.78, 5) is 4.46. The smallest absolute Gasteiger partial charge is 0.106 e. The van der Waals surface area contributed by atoms with Gasteiger partial charge in [-0.25, -0.2) is 4.98 Å². The fourth-order valence-corrected chi connectivity index (χ4v) is 1.78. The Morgan fingerprint density at radius 3 is 2.92 bits per heavy atom. The van der Waals surface area contributed by atoms with Gasteiger partial charge in [0.2, 0.25) is 0 Å². The van der Waals surface area contributed by atoms with Crippen LogP contribution in [0.2, 0.25) is 0 Å². The van der Waals surface area contributed by atoms with E-state index in [1.165, 1.54) is 5.52 Å². The molecular formula is C10H12N2S. The van der Waals surface area contributed by atoms with E-state index >= 15 is 0 Å². The van der Waals surface area contributed by atoms with Gasteiger partial charge >= 0.3 is 0 Å². The minimum Gasteiger partial charge on any atom is -0.327 e. The highest BCUT2D eigenvalue weighted by Crippen LogP contribution is 2.14. The molecule has 0 aliphatic heterocycles. The van der Waals surface area contributed by atoms with Gasteiger partial charge in [-0.05, 0) is 19.1 Å². The molecule has 1 aromatic carbocycles. The number of imidazole rings is 1. The summed E-state index contributed by atoms with van der Waals surface area (Å²) < 4.78 is 2.20. The highest BCUT2D eigenvalue weighted by molar-refractivity contribution is 7.80. The summed E-state index contributed by atoms with van der Waals surface area (Å²) in [7, 11) is 0. The second kappa shape index (κ2) is 3.42. The first-order chi connectivity index (χ1) is 6.33. The third-order valence-electron chi connectivity index (χ3n) is 2.17. The van der Waals surface area contributed by atoms with Crippen molar-refractivity contribution in [1.29, 1.82) is 0 Å². The van der Waals surface area contributed by atoms with Gasteiger partial charge in [0.25, 0.3) is 0 Å². The lowest BCUT2D eigenvalue weighted by Gasteiger charge is -2.02. The maximum atomic E-state index is 4.46. The van der Waals surface area contributed by atoms with Gasteiger partial charge in [0.15, 0.2) is 0 Å². The second-order valence-electron chi connectivity index (χ2n) is 3.02. The Morgan fingerprint density at radius 1 is 1.38 bits per heavy atom. The zero-order valence-corrected chi connectivity index (χ0v) is 8.46. The first-order valence-electron chi connectivity index (χ1n) is 4.35. The SMILES string of the molecule is Cc1nc2ccccc2n1CCS. The summed E-state index contributed by atoms with van der Waals surface area (Å²) in [5, 5.41) is 0. The van der Waals surface area contributed by atoms with Crippen molar-refractivity contribution in [2.75, 3.05) is 5.75 Å². The van der Waals surface area contributed by atoms with Crippen LogP contribution in [0, 0.1) is 6.92 Å². The minimum atomic E-state index is 0.848. The summed E-state index contributed by atoms with van der Waals surface area (Å²) in [6, 6.07) is 8.19. The second-order valence-corrected chi connectivity index (χ2v) is 3.47. The van der Waals surface area contributed by atoms with E-state index in [1.54, 1.807) is 0 Å². The number of hydrogen-bond donors (Lipinski definition) is 1. The molecule has 0 saturated carbocycles. The lowest BCUT2D eigenvalue weighted by molar-refractivity contribution is 0.763. The van der Waals surface area contributed by atoms with Gasteiger partial charge in [0.1, 0.15) is 5.82 Å². The molecular weight excluding hydrogens is 180 g/mol. The maximum Gasteiger partial charge on any atom is 0.106 e. The minimum absolute atomic E-state index is 0.848. The fourth-order valence-electron chi connectivity index (χ4n) is 1.58. The molecule has 0 saturated heterocycles. The van der Waals surface area contributed by atoms with Gasteiger partial charge in [-0.1, -0.05) is 12.1 Å². The number of benzene rings is 1.